The molecule has 0 bridgehead atoms. The van der Waals surface area contributed by atoms with Crippen LogP contribution in [0.25, 0.3) is 32.9 Å². The minimum atomic E-state index is 1.06. The number of nitrogens with zero attached hydrogens (tertiary/aromatic N) is 1. The third kappa shape index (κ3) is 2.06. The van der Waals surface area contributed by atoms with Crippen LogP contribution in [0.15, 0.2) is 66.7 Å². The summed E-state index contributed by atoms with van der Waals surface area (Å²) in [6.45, 7) is 4.27. The van der Waals surface area contributed by atoms with Crippen LogP contribution in [0, 0.1) is 13.8 Å². The molecule has 0 radical (unpaired) electrons. The maximum absolute atomic E-state index is 4.85. The number of pyridine rings is 1. The van der Waals surface area contributed by atoms with Crippen molar-refractivity contribution in [1.82, 2.24) is 4.98 Å². The van der Waals surface area contributed by atoms with Crippen LogP contribution in [0.5, 0.6) is 0 Å². The average Bonchev–Trinajstić information content (AvgIpc) is 2.54. The van der Waals surface area contributed by atoms with Crippen molar-refractivity contribution in [2.24, 2.45) is 0 Å². The van der Waals surface area contributed by atoms with Gasteiger partial charge >= 0.3 is 0 Å². The monoisotopic (exact) mass is 283 g/mol. The van der Waals surface area contributed by atoms with Crippen molar-refractivity contribution in [2.45, 2.75) is 13.8 Å². The summed E-state index contributed by atoms with van der Waals surface area (Å²) in [5, 5.41) is 2.45. The van der Waals surface area contributed by atoms with Crippen LogP contribution < -0.4 is 0 Å². The zero-order chi connectivity index (χ0) is 15.1. The number of fused-ring (bicyclic) bond motifs is 2. The van der Waals surface area contributed by atoms with Crippen LogP contribution in [0.1, 0.15) is 11.1 Å². The molecule has 0 aliphatic rings. The number of benzene rings is 3. The summed E-state index contributed by atoms with van der Waals surface area (Å²) in [6.07, 6.45) is 0. The quantitative estimate of drug-likeness (QED) is 0.410. The van der Waals surface area contributed by atoms with Crippen LogP contribution >= 0.6 is 0 Å². The summed E-state index contributed by atoms with van der Waals surface area (Å²) in [5.74, 6) is 0. The summed E-state index contributed by atoms with van der Waals surface area (Å²) in [7, 11) is 0. The van der Waals surface area contributed by atoms with Gasteiger partial charge < -0.3 is 0 Å². The zero-order valence-electron chi connectivity index (χ0n) is 12.8. The Morgan fingerprint density at radius 1 is 0.636 bits per heavy atom. The second-order valence-electron chi connectivity index (χ2n) is 5.89. The van der Waals surface area contributed by atoms with Crippen molar-refractivity contribution in [3.8, 4) is 11.1 Å². The van der Waals surface area contributed by atoms with E-state index in [1.165, 1.54) is 33.0 Å². The molecule has 1 nitrogen and oxygen atoms in total. The van der Waals surface area contributed by atoms with E-state index in [1.807, 2.05) is 0 Å². The van der Waals surface area contributed by atoms with Crippen molar-refractivity contribution in [3.63, 3.8) is 0 Å². The summed E-state index contributed by atoms with van der Waals surface area (Å²) in [4.78, 5) is 4.85. The highest BCUT2D eigenvalue weighted by atomic mass is 14.7. The predicted octanol–water partition coefficient (Wildman–Crippen LogP) is 5.67. The topological polar surface area (TPSA) is 12.9 Å². The highest BCUT2D eigenvalue weighted by Gasteiger charge is 2.11. The number of aryl methyl sites for hydroxylation is 2. The molecule has 0 N–H and O–H groups in total. The van der Waals surface area contributed by atoms with Gasteiger partial charge in [0.25, 0.3) is 0 Å². The Balaban J connectivity index is 2.24. The molecule has 1 heteroatoms. The Kier molecular flexibility index (Phi) is 2.93. The Labute approximate surface area is 130 Å². The first kappa shape index (κ1) is 13.0. The standard InChI is InChI=1S/C21H17N/c1-14-8-10-19-17(12-14)21(16-6-4-3-5-7-16)18-13-15(2)9-11-20(18)22-19/h3-13H,1-2H3. The molecule has 0 aliphatic carbocycles. The molecule has 0 saturated heterocycles. The molecule has 0 atom stereocenters. The fourth-order valence-electron chi connectivity index (χ4n) is 3.09. The molecular formula is C21H17N. The van der Waals surface area contributed by atoms with E-state index < -0.39 is 0 Å². The van der Waals surface area contributed by atoms with Crippen molar-refractivity contribution in [2.75, 3.05) is 0 Å². The molecule has 4 aromatic rings. The maximum Gasteiger partial charge on any atom is 0.0716 e. The minimum Gasteiger partial charge on any atom is -0.248 e. The molecule has 0 fully saturated rings. The SMILES string of the molecule is Cc1ccc2nc3ccc(C)cc3c(-c3ccccc3)c2c1. The van der Waals surface area contributed by atoms with E-state index in [4.69, 9.17) is 4.98 Å². The smallest absolute Gasteiger partial charge is 0.0716 e. The molecular weight excluding hydrogens is 266 g/mol. The largest absolute Gasteiger partial charge is 0.248 e. The second kappa shape index (κ2) is 4.96. The van der Waals surface area contributed by atoms with E-state index in [0.717, 1.165) is 11.0 Å². The predicted molar refractivity (Wildman–Crippen MR) is 94.2 cm³/mol. The third-order valence-corrected chi connectivity index (χ3v) is 4.15. The van der Waals surface area contributed by atoms with Crippen molar-refractivity contribution in [3.05, 3.63) is 77.9 Å². The molecule has 0 aliphatic heterocycles. The highest BCUT2D eigenvalue weighted by molar-refractivity contribution is 6.09. The summed E-state index contributed by atoms with van der Waals surface area (Å²) in [6, 6.07) is 23.6. The van der Waals surface area contributed by atoms with Gasteiger partial charge in [-0.3, -0.25) is 0 Å². The first-order valence-corrected chi connectivity index (χ1v) is 7.58. The van der Waals surface area contributed by atoms with Crippen LogP contribution in [0.2, 0.25) is 0 Å². The first-order valence-electron chi connectivity index (χ1n) is 7.58. The molecule has 1 heterocycles. The van der Waals surface area contributed by atoms with Gasteiger partial charge in [0.15, 0.2) is 0 Å². The van der Waals surface area contributed by atoms with Crippen LogP contribution in [0.3, 0.4) is 0 Å². The lowest BCUT2D eigenvalue weighted by Gasteiger charge is -2.12. The molecule has 0 spiro atoms. The van der Waals surface area contributed by atoms with E-state index in [1.54, 1.807) is 0 Å². The summed E-state index contributed by atoms with van der Waals surface area (Å²) in [5.41, 5.74) is 7.17. The van der Waals surface area contributed by atoms with Gasteiger partial charge in [-0.2, -0.15) is 0 Å². The van der Waals surface area contributed by atoms with Gasteiger partial charge in [-0.05, 0) is 43.7 Å². The van der Waals surface area contributed by atoms with E-state index in [9.17, 15) is 0 Å². The fraction of sp³-hybridized carbons (Fsp3) is 0.0952. The Bertz CT molecular complexity index is 925. The average molecular weight is 283 g/mol. The Hall–Kier alpha value is -2.67. The fourth-order valence-corrected chi connectivity index (χ4v) is 3.09. The van der Waals surface area contributed by atoms with Crippen molar-refractivity contribution in [1.29, 1.82) is 0 Å². The van der Waals surface area contributed by atoms with E-state index in [2.05, 4.69) is 80.6 Å². The zero-order valence-corrected chi connectivity index (χ0v) is 12.8. The van der Waals surface area contributed by atoms with Gasteiger partial charge in [0.05, 0.1) is 11.0 Å². The molecule has 106 valence electrons. The number of hydrogen-bond acceptors (Lipinski definition) is 1. The van der Waals surface area contributed by atoms with Crippen LogP contribution in [0.4, 0.5) is 0 Å². The molecule has 22 heavy (non-hydrogen) atoms. The molecule has 0 saturated carbocycles. The van der Waals surface area contributed by atoms with Crippen LogP contribution in [-0.2, 0) is 0 Å². The van der Waals surface area contributed by atoms with Crippen molar-refractivity contribution < 1.29 is 0 Å². The van der Waals surface area contributed by atoms with Crippen LogP contribution in [-0.4, -0.2) is 4.98 Å². The van der Waals surface area contributed by atoms with E-state index >= 15 is 0 Å². The molecule has 4 rings (SSSR count). The van der Waals surface area contributed by atoms with Gasteiger partial charge in [0, 0.05) is 16.3 Å². The summed E-state index contributed by atoms with van der Waals surface area (Å²) < 4.78 is 0. The van der Waals surface area contributed by atoms with Gasteiger partial charge in [-0.25, -0.2) is 4.98 Å². The number of aromatic nitrogens is 1. The summed E-state index contributed by atoms with van der Waals surface area (Å²) >= 11 is 0. The number of hydrogen-bond donors (Lipinski definition) is 0. The molecule has 3 aromatic carbocycles. The van der Waals surface area contributed by atoms with Crippen molar-refractivity contribution >= 4 is 21.8 Å². The Morgan fingerprint density at radius 2 is 1.18 bits per heavy atom. The van der Waals surface area contributed by atoms with Gasteiger partial charge in [-0.15, -0.1) is 0 Å². The second-order valence-corrected chi connectivity index (χ2v) is 5.89. The minimum absolute atomic E-state index is 1.06. The highest BCUT2D eigenvalue weighted by Crippen LogP contribution is 2.35. The lowest BCUT2D eigenvalue weighted by atomic mass is 9.94. The van der Waals surface area contributed by atoms with Gasteiger partial charge in [0.1, 0.15) is 0 Å². The normalized spacial score (nSPS) is 11.2. The van der Waals surface area contributed by atoms with E-state index in [-0.39, 0.29) is 0 Å². The van der Waals surface area contributed by atoms with Gasteiger partial charge in [0.2, 0.25) is 0 Å². The maximum atomic E-state index is 4.85. The van der Waals surface area contributed by atoms with E-state index in [0.29, 0.717) is 0 Å². The molecule has 1 aromatic heterocycles. The third-order valence-electron chi connectivity index (χ3n) is 4.15. The Morgan fingerprint density at radius 3 is 1.73 bits per heavy atom. The number of rotatable bonds is 1. The lowest BCUT2D eigenvalue weighted by Crippen LogP contribution is -1.90. The molecule has 0 unspecified atom stereocenters. The first-order chi connectivity index (χ1) is 10.7. The molecule has 0 amide bonds. The van der Waals surface area contributed by atoms with Gasteiger partial charge in [-0.1, -0.05) is 53.6 Å². The lowest BCUT2D eigenvalue weighted by molar-refractivity contribution is 1.43.